The Balaban J connectivity index is 1.63. The molecule has 2 N–H and O–H groups in total. The molecule has 1 aliphatic rings. The number of carbonyl (C=O) groups is 1. The Morgan fingerprint density at radius 1 is 1.30 bits per heavy atom. The van der Waals surface area contributed by atoms with Crippen molar-refractivity contribution in [2.24, 2.45) is 0 Å². The molecule has 27 heavy (non-hydrogen) atoms. The van der Waals surface area contributed by atoms with Gasteiger partial charge >= 0.3 is 0 Å². The summed E-state index contributed by atoms with van der Waals surface area (Å²) in [4.78, 5) is 19.7. The summed E-state index contributed by atoms with van der Waals surface area (Å²) < 4.78 is 23.9. The minimum absolute atomic E-state index is 0.110. The summed E-state index contributed by atoms with van der Waals surface area (Å²) in [5.74, 6) is -0.626. The molecule has 0 spiro atoms. The van der Waals surface area contributed by atoms with E-state index in [2.05, 4.69) is 15.3 Å². The van der Waals surface area contributed by atoms with Gasteiger partial charge in [0.05, 0.1) is 4.90 Å². The first kappa shape index (κ1) is 16.8. The van der Waals surface area contributed by atoms with Crippen molar-refractivity contribution in [1.29, 1.82) is 5.26 Å². The number of aromatic amines is 1. The fourth-order valence-corrected chi connectivity index (χ4v) is 4.06. The number of H-pyrrole nitrogens is 1. The lowest BCUT2D eigenvalue weighted by atomic mass is 10.1. The maximum atomic E-state index is 12.5. The van der Waals surface area contributed by atoms with Gasteiger partial charge < -0.3 is 10.3 Å². The lowest BCUT2D eigenvalue weighted by Gasteiger charge is -2.06. The Morgan fingerprint density at radius 3 is 2.96 bits per heavy atom. The third kappa shape index (κ3) is 3.01. The van der Waals surface area contributed by atoms with Crippen LogP contribution in [-0.2, 0) is 14.6 Å². The normalized spacial score (nSPS) is 14.7. The number of fused-ring (bicyclic) bond motifs is 2. The summed E-state index contributed by atoms with van der Waals surface area (Å²) in [6.07, 6.45) is 6.26. The maximum absolute atomic E-state index is 12.5. The minimum Gasteiger partial charge on any atom is -0.346 e. The number of rotatable bonds is 3. The van der Waals surface area contributed by atoms with Gasteiger partial charge in [0.15, 0.2) is 0 Å². The lowest BCUT2D eigenvalue weighted by molar-refractivity contribution is -0.112. The third-order valence-electron chi connectivity index (χ3n) is 4.15. The Kier molecular flexibility index (Phi) is 3.86. The second-order valence-electron chi connectivity index (χ2n) is 5.87. The van der Waals surface area contributed by atoms with Crippen molar-refractivity contribution in [3.63, 3.8) is 0 Å². The van der Waals surface area contributed by atoms with E-state index in [1.807, 2.05) is 12.1 Å². The highest BCUT2D eigenvalue weighted by Gasteiger charge is 2.21. The zero-order valence-electron chi connectivity index (χ0n) is 13.8. The van der Waals surface area contributed by atoms with Crippen LogP contribution in [0.25, 0.3) is 23.2 Å². The van der Waals surface area contributed by atoms with Crippen LogP contribution in [0.5, 0.6) is 0 Å². The summed E-state index contributed by atoms with van der Waals surface area (Å²) >= 11 is 0. The number of benzene rings is 1. The van der Waals surface area contributed by atoms with Gasteiger partial charge in [-0.2, -0.15) is 5.26 Å². The van der Waals surface area contributed by atoms with E-state index in [1.165, 1.54) is 18.2 Å². The number of sulfone groups is 1. The molecular formula is C19H12N4O3S. The standard InChI is InChI=1S/C19H12N4O3S/c20-10-13(8-14-11-22-18-16(14)2-1-6-21-18)19(24)23-15-4-3-12-5-7-27(25,26)17(12)9-15/h1-9,11H,(H,21,22)(H,23,24)/b13-8+. The van der Waals surface area contributed by atoms with Gasteiger partial charge in [-0.15, -0.1) is 0 Å². The number of hydrogen-bond acceptors (Lipinski definition) is 5. The van der Waals surface area contributed by atoms with E-state index < -0.39 is 15.7 Å². The number of anilines is 1. The molecule has 1 amide bonds. The molecule has 4 rings (SSSR count). The highest BCUT2D eigenvalue weighted by Crippen LogP contribution is 2.29. The summed E-state index contributed by atoms with van der Waals surface area (Å²) in [5, 5.41) is 13.9. The average molecular weight is 376 g/mol. The summed E-state index contributed by atoms with van der Waals surface area (Å²) in [6, 6.07) is 10.0. The van der Waals surface area contributed by atoms with Crippen molar-refractivity contribution in [2.75, 3.05) is 5.32 Å². The number of pyridine rings is 1. The summed E-state index contributed by atoms with van der Waals surface area (Å²) in [5.41, 5.74) is 2.06. The summed E-state index contributed by atoms with van der Waals surface area (Å²) in [6.45, 7) is 0. The Morgan fingerprint density at radius 2 is 2.15 bits per heavy atom. The molecule has 7 nitrogen and oxygen atoms in total. The van der Waals surface area contributed by atoms with Crippen LogP contribution in [0.2, 0.25) is 0 Å². The predicted octanol–water partition coefficient (Wildman–Crippen LogP) is 2.87. The fourth-order valence-electron chi connectivity index (χ4n) is 2.83. The van der Waals surface area contributed by atoms with Gasteiger partial charge in [-0.3, -0.25) is 4.79 Å². The number of carbonyl (C=O) groups excluding carboxylic acids is 1. The van der Waals surface area contributed by atoms with Gasteiger partial charge in [0.1, 0.15) is 17.3 Å². The molecule has 3 heterocycles. The van der Waals surface area contributed by atoms with Crippen LogP contribution in [0.3, 0.4) is 0 Å². The number of amides is 1. The number of nitrogens with zero attached hydrogens (tertiary/aromatic N) is 2. The third-order valence-corrected chi connectivity index (χ3v) is 5.61. The topological polar surface area (TPSA) is 116 Å². The SMILES string of the molecule is N#C/C(=C\c1c[nH]c2ncccc12)C(=O)Nc1ccc2c(c1)S(=O)(=O)C=C2. The van der Waals surface area contributed by atoms with Crippen LogP contribution in [0.4, 0.5) is 5.69 Å². The highest BCUT2D eigenvalue weighted by molar-refractivity contribution is 7.94. The van der Waals surface area contributed by atoms with Gasteiger partial charge in [-0.05, 0) is 42.0 Å². The van der Waals surface area contributed by atoms with Crippen molar-refractivity contribution in [2.45, 2.75) is 4.90 Å². The van der Waals surface area contributed by atoms with Crippen LogP contribution >= 0.6 is 0 Å². The highest BCUT2D eigenvalue weighted by atomic mass is 32.2. The molecule has 0 saturated carbocycles. The summed E-state index contributed by atoms with van der Waals surface area (Å²) in [7, 11) is -3.48. The van der Waals surface area contributed by atoms with E-state index in [4.69, 9.17) is 0 Å². The van der Waals surface area contributed by atoms with E-state index in [0.717, 1.165) is 10.8 Å². The van der Waals surface area contributed by atoms with Crippen LogP contribution < -0.4 is 5.32 Å². The lowest BCUT2D eigenvalue weighted by Crippen LogP contribution is -2.13. The van der Waals surface area contributed by atoms with E-state index in [-0.39, 0.29) is 10.5 Å². The first-order chi connectivity index (χ1) is 13.0. The number of aromatic nitrogens is 2. The number of nitrogens with one attached hydrogen (secondary N) is 2. The van der Waals surface area contributed by atoms with E-state index in [9.17, 15) is 18.5 Å². The molecule has 0 saturated heterocycles. The Bertz CT molecular complexity index is 1290. The van der Waals surface area contributed by atoms with Crippen molar-refractivity contribution in [3.8, 4) is 6.07 Å². The van der Waals surface area contributed by atoms with Crippen LogP contribution in [0.15, 0.2) is 58.6 Å². The molecule has 0 fully saturated rings. The molecule has 132 valence electrons. The molecular weight excluding hydrogens is 364 g/mol. The molecule has 8 heteroatoms. The second kappa shape index (κ2) is 6.23. The van der Waals surface area contributed by atoms with Crippen LogP contribution in [-0.4, -0.2) is 24.3 Å². The van der Waals surface area contributed by atoms with Gasteiger partial charge in [-0.1, -0.05) is 6.07 Å². The van der Waals surface area contributed by atoms with Gasteiger partial charge in [0.2, 0.25) is 9.84 Å². The van der Waals surface area contributed by atoms with Gasteiger partial charge in [0, 0.05) is 34.4 Å². The molecule has 1 aromatic carbocycles. The van der Waals surface area contributed by atoms with Crippen LogP contribution in [0, 0.1) is 11.3 Å². The van der Waals surface area contributed by atoms with Crippen molar-refractivity contribution in [3.05, 3.63) is 64.8 Å². The number of hydrogen-bond donors (Lipinski definition) is 2. The van der Waals surface area contributed by atoms with Crippen LogP contribution in [0.1, 0.15) is 11.1 Å². The van der Waals surface area contributed by atoms with Gasteiger partial charge in [-0.25, -0.2) is 13.4 Å². The smallest absolute Gasteiger partial charge is 0.266 e. The monoisotopic (exact) mass is 376 g/mol. The zero-order valence-corrected chi connectivity index (χ0v) is 14.6. The van der Waals surface area contributed by atoms with Crippen molar-refractivity contribution < 1.29 is 13.2 Å². The average Bonchev–Trinajstić information content (AvgIpc) is 3.20. The second-order valence-corrected chi connectivity index (χ2v) is 7.67. The zero-order chi connectivity index (χ0) is 19.0. The Labute approximate surface area is 154 Å². The van der Waals surface area contributed by atoms with Crippen molar-refractivity contribution in [1.82, 2.24) is 9.97 Å². The van der Waals surface area contributed by atoms with E-state index >= 15 is 0 Å². The first-order valence-electron chi connectivity index (χ1n) is 7.90. The maximum Gasteiger partial charge on any atom is 0.266 e. The fraction of sp³-hybridized carbons (Fsp3) is 0. The van der Waals surface area contributed by atoms with E-state index in [1.54, 1.807) is 30.6 Å². The molecule has 0 bridgehead atoms. The molecule has 0 atom stereocenters. The predicted molar refractivity (Wildman–Crippen MR) is 101 cm³/mol. The molecule has 0 unspecified atom stereocenters. The van der Waals surface area contributed by atoms with Crippen molar-refractivity contribution >= 4 is 44.6 Å². The number of nitriles is 1. The Hall–Kier alpha value is -3.70. The largest absolute Gasteiger partial charge is 0.346 e. The van der Waals surface area contributed by atoms with E-state index in [0.29, 0.717) is 22.5 Å². The molecule has 3 aromatic rings. The van der Waals surface area contributed by atoms with Gasteiger partial charge in [0.25, 0.3) is 5.91 Å². The molecule has 1 aliphatic heterocycles. The quantitative estimate of drug-likeness (QED) is 0.539. The molecule has 0 radical (unpaired) electrons. The molecule has 0 aliphatic carbocycles. The molecule has 2 aromatic heterocycles. The minimum atomic E-state index is -3.48. The first-order valence-corrected chi connectivity index (χ1v) is 9.45.